The molecule has 0 bridgehead atoms. The summed E-state index contributed by atoms with van der Waals surface area (Å²) in [6, 6.07) is 4.89. The molecular weight excluding hydrogens is 354 g/mol. The van der Waals surface area contributed by atoms with Crippen LogP contribution in [-0.4, -0.2) is 32.9 Å². The molecule has 0 aliphatic carbocycles. The van der Waals surface area contributed by atoms with Crippen LogP contribution in [0.3, 0.4) is 0 Å². The monoisotopic (exact) mass is 375 g/mol. The molecule has 0 radical (unpaired) electrons. The van der Waals surface area contributed by atoms with Gasteiger partial charge in [0, 0.05) is 13.1 Å². The Balaban J connectivity index is 2.21. The summed E-state index contributed by atoms with van der Waals surface area (Å²) in [5.74, 6) is 0.631. The maximum absolute atomic E-state index is 12.7. The number of hydrogen-bond donors (Lipinski definition) is 0. The summed E-state index contributed by atoms with van der Waals surface area (Å²) in [7, 11) is -1.86. The smallest absolute Gasteiger partial charge is 0.243 e. The van der Waals surface area contributed by atoms with E-state index in [1.807, 2.05) is 0 Å². The van der Waals surface area contributed by atoms with E-state index < -0.39 is 10.0 Å². The lowest BCUT2D eigenvalue weighted by atomic mass is 9.79. The lowest BCUT2D eigenvalue weighted by Crippen LogP contribution is -2.41. The highest BCUT2D eigenvalue weighted by Gasteiger charge is 2.34. The molecule has 1 aliphatic rings. The molecular formula is C15H22BrNO3S. The first-order valence-corrected chi connectivity index (χ1v) is 9.39. The van der Waals surface area contributed by atoms with Crippen molar-refractivity contribution in [3.05, 3.63) is 22.7 Å². The Morgan fingerprint density at radius 3 is 2.43 bits per heavy atom. The van der Waals surface area contributed by atoms with Crippen molar-refractivity contribution in [1.82, 2.24) is 4.31 Å². The van der Waals surface area contributed by atoms with Crippen LogP contribution in [0.4, 0.5) is 0 Å². The van der Waals surface area contributed by atoms with Gasteiger partial charge < -0.3 is 4.74 Å². The molecule has 4 nitrogen and oxygen atoms in total. The molecule has 1 fully saturated rings. The van der Waals surface area contributed by atoms with Gasteiger partial charge in [0.25, 0.3) is 0 Å². The van der Waals surface area contributed by atoms with Gasteiger partial charge >= 0.3 is 0 Å². The molecule has 1 saturated heterocycles. The molecule has 1 heterocycles. The topological polar surface area (TPSA) is 46.6 Å². The minimum absolute atomic E-state index is 0.270. The summed E-state index contributed by atoms with van der Waals surface area (Å²) < 4.78 is 32.8. The van der Waals surface area contributed by atoms with E-state index in [1.165, 1.54) is 0 Å². The third-order valence-electron chi connectivity index (χ3n) is 4.54. The van der Waals surface area contributed by atoms with Crippen LogP contribution < -0.4 is 4.74 Å². The molecule has 21 heavy (non-hydrogen) atoms. The third kappa shape index (κ3) is 3.43. The fraction of sp³-hybridized carbons (Fsp3) is 0.600. The number of sulfonamides is 1. The number of benzene rings is 1. The van der Waals surface area contributed by atoms with E-state index in [-0.39, 0.29) is 5.41 Å². The van der Waals surface area contributed by atoms with Crippen LogP contribution in [0.15, 0.2) is 27.6 Å². The predicted octanol–water partition coefficient (Wildman–Crippen LogP) is 3.66. The lowest BCUT2D eigenvalue weighted by Gasteiger charge is -2.38. The standard InChI is InChI=1S/C15H22BrNO3S/c1-4-15(2)7-9-17(10-8-15)21(18,19)12-5-6-14(20-3)13(16)11-12/h5-6,11H,4,7-10H2,1-3H3. The second-order valence-corrected chi connectivity index (χ2v) is 8.66. The van der Waals surface area contributed by atoms with Crippen LogP contribution in [0.2, 0.25) is 0 Å². The molecule has 0 aromatic heterocycles. The van der Waals surface area contributed by atoms with E-state index in [1.54, 1.807) is 29.6 Å². The lowest BCUT2D eigenvalue weighted by molar-refractivity contribution is 0.169. The average molecular weight is 376 g/mol. The minimum Gasteiger partial charge on any atom is -0.496 e. The molecule has 2 rings (SSSR count). The van der Waals surface area contributed by atoms with Crippen LogP contribution in [-0.2, 0) is 10.0 Å². The van der Waals surface area contributed by atoms with E-state index in [2.05, 4.69) is 29.8 Å². The zero-order valence-electron chi connectivity index (χ0n) is 12.7. The summed E-state index contributed by atoms with van der Waals surface area (Å²) in [6.45, 7) is 5.60. The van der Waals surface area contributed by atoms with E-state index >= 15 is 0 Å². The molecule has 0 N–H and O–H groups in total. The number of hydrogen-bond acceptors (Lipinski definition) is 3. The first-order valence-electron chi connectivity index (χ1n) is 7.16. The normalized spacial score (nSPS) is 19.4. The molecule has 1 aromatic carbocycles. The van der Waals surface area contributed by atoms with Crippen molar-refractivity contribution in [3.8, 4) is 5.75 Å². The molecule has 118 valence electrons. The van der Waals surface area contributed by atoms with Gasteiger partial charge in [0.15, 0.2) is 0 Å². The Kier molecular flexibility index (Phi) is 5.00. The van der Waals surface area contributed by atoms with Gasteiger partial charge in [-0.05, 0) is 52.4 Å². The molecule has 0 spiro atoms. The van der Waals surface area contributed by atoms with Gasteiger partial charge in [-0.2, -0.15) is 4.31 Å². The van der Waals surface area contributed by atoms with Gasteiger partial charge in [0.2, 0.25) is 10.0 Å². The van der Waals surface area contributed by atoms with Crippen molar-refractivity contribution in [1.29, 1.82) is 0 Å². The Morgan fingerprint density at radius 2 is 1.95 bits per heavy atom. The number of halogens is 1. The summed E-state index contributed by atoms with van der Waals surface area (Å²) in [5, 5.41) is 0. The zero-order chi connectivity index (χ0) is 15.7. The maximum Gasteiger partial charge on any atom is 0.243 e. The van der Waals surface area contributed by atoms with Gasteiger partial charge in [-0.15, -0.1) is 0 Å². The van der Waals surface area contributed by atoms with Crippen molar-refractivity contribution in [2.75, 3.05) is 20.2 Å². The molecule has 0 amide bonds. The van der Waals surface area contributed by atoms with Gasteiger partial charge in [-0.25, -0.2) is 8.42 Å². The van der Waals surface area contributed by atoms with Gasteiger partial charge in [-0.3, -0.25) is 0 Å². The molecule has 0 saturated carbocycles. The minimum atomic E-state index is -3.42. The SMILES string of the molecule is CCC1(C)CCN(S(=O)(=O)c2ccc(OC)c(Br)c2)CC1. The molecule has 6 heteroatoms. The Bertz CT molecular complexity index is 607. The van der Waals surface area contributed by atoms with Crippen LogP contribution in [0.25, 0.3) is 0 Å². The van der Waals surface area contributed by atoms with E-state index in [0.717, 1.165) is 19.3 Å². The fourth-order valence-corrected chi connectivity index (χ4v) is 4.74. The quantitative estimate of drug-likeness (QED) is 0.806. The number of rotatable bonds is 4. The van der Waals surface area contributed by atoms with Crippen LogP contribution in [0.1, 0.15) is 33.1 Å². The van der Waals surface area contributed by atoms with Crippen molar-refractivity contribution in [2.24, 2.45) is 5.41 Å². The van der Waals surface area contributed by atoms with Crippen molar-refractivity contribution < 1.29 is 13.2 Å². The molecule has 0 unspecified atom stereocenters. The number of piperidine rings is 1. The average Bonchev–Trinajstić information content (AvgIpc) is 2.47. The highest BCUT2D eigenvalue weighted by Crippen LogP contribution is 2.36. The maximum atomic E-state index is 12.7. The largest absolute Gasteiger partial charge is 0.496 e. The van der Waals surface area contributed by atoms with E-state index in [0.29, 0.717) is 28.2 Å². The number of ether oxygens (including phenoxy) is 1. The van der Waals surface area contributed by atoms with Crippen molar-refractivity contribution >= 4 is 26.0 Å². The van der Waals surface area contributed by atoms with Crippen molar-refractivity contribution in [2.45, 2.75) is 38.0 Å². The van der Waals surface area contributed by atoms with Crippen molar-refractivity contribution in [3.63, 3.8) is 0 Å². The van der Waals surface area contributed by atoms with Crippen LogP contribution in [0.5, 0.6) is 5.75 Å². The summed E-state index contributed by atoms with van der Waals surface area (Å²) in [6.07, 6.45) is 2.93. The summed E-state index contributed by atoms with van der Waals surface area (Å²) >= 11 is 3.35. The van der Waals surface area contributed by atoms with Crippen LogP contribution in [0, 0.1) is 5.41 Å². The zero-order valence-corrected chi connectivity index (χ0v) is 15.1. The summed E-state index contributed by atoms with van der Waals surface area (Å²) in [5.41, 5.74) is 0.270. The molecule has 0 atom stereocenters. The highest BCUT2D eigenvalue weighted by molar-refractivity contribution is 9.10. The van der Waals surface area contributed by atoms with Gasteiger partial charge in [-0.1, -0.05) is 20.3 Å². The van der Waals surface area contributed by atoms with Gasteiger partial charge in [0.05, 0.1) is 16.5 Å². The van der Waals surface area contributed by atoms with Gasteiger partial charge in [0.1, 0.15) is 5.75 Å². The van der Waals surface area contributed by atoms with Crippen LogP contribution >= 0.6 is 15.9 Å². The fourth-order valence-electron chi connectivity index (χ4n) is 2.58. The third-order valence-corrected chi connectivity index (χ3v) is 7.06. The number of nitrogens with zero attached hydrogens (tertiary/aromatic N) is 1. The highest BCUT2D eigenvalue weighted by atomic mass is 79.9. The molecule has 1 aromatic rings. The first-order chi connectivity index (χ1) is 9.82. The summed E-state index contributed by atoms with van der Waals surface area (Å²) in [4.78, 5) is 0.315. The second kappa shape index (κ2) is 6.26. The first kappa shape index (κ1) is 16.8. The second-order valence-electron chi connectivity index (χ2n) is 5.86. The molecule has 1 aliphatic heterocycles. The Labute approximate surface area is 135 Å². The van der Waals surface area contributed by atoms with E-state index in [9.17, 15) is 8.42 Å². The van der Waals surface area contributed by atoms with E-state index in [4.69, 9.17) is 4.74 Å². The Morgan fingerprint density at radius 1 is 1.33 bits per heavy atom. The Hall–Kier alpha value is -0.590. The predicted molar refractivity (Wildman–Crippen MR) is 87.1 cm³/mol. The number of methoxy groups -OCH3 is 1.